The summed E-state index contributed by atoms with van der Waals surface area (Å²) in [5.41, 5.74) is 6.57. The molecule has 0 aliphatic heterocycles. The summed E-state index contributed by atoms with van der Waals surface area (Å²) in [5.74, 6) is 0.602. The van der Waals surface area contributed by atoms with Crippen LogP contribution in [0, 0.1) is 5.92 Å². The van der Waals surface area contributed by atoms with E-state index >= 15 is 0 Å². The van der Waals surface area contributed by atoms with Crippen LogP contribution in [0.25, 0.3) is 11.3 Å². The maximum atomic E-state index is 4.59. The van der Waals surface area contributed by atoms with Gasteiger partial charge in [0.2, 0.25) is 5.13 Å². The summed E-state index contributed by atoms with van der Waals surface area (Å²) in [6, 6.07) is 10.2. The molecule has 0 unspecified atom stereocenters. The summed E-state index contributed by atoms with van der Waals surface area (Å²) in [4.78, 5) is 4.59. The Labute approximate surface area is 123 Å². The Kier molecular flexibility index (Phi) is 4.11. The molecule has 0 amide bonds. The second kappa shape index (κ2) is 6.18. The zero-order chi connectivity index (χ0) is 13.8. The van der Waals surface area contributed by atoms with E-state index in [1.54, 1.807) is 11.3 Å². The van der Waals surface area contributed by atoms with Gasteiger partial charge in [-0.2, -0.15) is 5.10 Å². The first-order valence-electron chi connectivity index (χ1n) is 7.16. The third-order valence-corrected chi connectivity index (χ3v) is 4.50. The number of hydrogen-bond acceptors (Lipinski definition) is 4. The van der Waals surface area contributed by atoms with Crippen LogP contribution in [-0.2, 0) is 0 Å². The zero-order valence-corrected chi connectivity index (χ0v) is 12.5. The Hall–Kier alpha value is -1.68. The Bertz CT molecular complexity index is 589. The first-order chi connectivity index (χ1) is 9.83. The van der Waals surface area contributed by atoms with E-state index in [4.69, 9.17) is 0 Å². The topological polar surface area (TPSA) is 37.3 Å². The number of anilines is 1. The molecule has 3 rings (SSSR count). The highest BCUT2D eigenvalue weighted by atomic mass is 32.1. The maximum Gasteiger partial charge on any atom is 0.203 e. The molecule has 1 fully saturated rings. The number of aromatic nitrogens is 1. The molecule has 1 heterocycles. The van der Waals surface area contributed by atoms with Crippen molar-refractivity contribution < 1.29 is 0 Å². The number of benzene rings is 1. The van der Waals surface area contributed by atoms with Gasteiger partial charge in [0.1, 0.15) is 0 Å². The van der Waals surface area contributed by atoms with Gasteiger partial charge in [-0.3, -0.25) is 5.43 Å². The van der Waals surface area contributed by atoms with E-state index in [-0.39, 0.29) is 0 Å². The van der Waals surface area contributed by atoms with E-state index in [0.717, 1.165) is 22.8 Å². The van der Waals surface area contributed by atoms with Crippen LogP contribution in [-0.4, -0.2) is 10.7 Å². The maximum absolute atomic E-state index is 4.59. The van der Waals surface area contributed by atoms with Crippen molar-refractivity contribution in [3.63, 3.8) is 0 Å². The molecular formula is C16H19N3S. The minimum absolute atomic E-state index is 0.602. The number of hydrazone groups is 1. The highest BCUT2D eigenvalue weighted by molar-refractivity contribution is 7.14. The molecule has 20 heavy (non-hydrogen) atoms. The summed E-state index contributed by atoms with van der Waals surface area (Å²) in [6.45, 7) is 2.26. The molecule has 0 radical (unpaired) electrons. The fourth-order valence-corrected chi connectivity index (χ4v) is 3.18. The molecule has 2 aromatic rings. The molecule has 1 aliphatic carbocycles. The second-order valence-corrected chi connectivity index (χ2v) is 6.12. The highest BCUT2D eigenvalue weighted by Gasteiger charge is 2.15. The zero-order valence-electron chi connectivity index (χ0n) is 11.7. The Morgan fingerprint density at radius 1 is 1.25 bits per heavy atom. The van der Waals surface area contributed by atoms with Crippen molar-refractivity contribution in [3.05, 3.63) is 35.7 Å². The van der Waals surface area contributed by atoms with Gasteiger partial charge in [0, 0.05) is 16.7 Å². The molecule has 1 aliphatic rings. The van der Waals surface area contributed by atoms with Crippen molar-refractivity contribution in [1.82, 2.24) is 4.98 Å². The average molecular weight is 285 g/mol. The summed E-state index contributed by atoms with van der Waals surface area (Å²) in [7, 11) is 0. The van der Waals surface area contributed by atoms with Crippen molar-refractivity contribution >= 4 is 22.2 Å². The van der Waals surface area contributed by atoms with Crippen molar-refractivity contribution in [2.24, 2.45) is 11.0 Å². The van der Waals surface area contributed by atoms with Crippen LogP contribution in [0.4, 0.5) is 5.13 Å². The van der Waals surface area contributed by atoms with Crippen LogP contribution in [0.1, 0.15) is 32.6 Å². The normalized spacial score (nSPS) is 21.1. The molecule has 0 saturated heterocycles. The van der Waals surface area contributed by atoms with E-state index in [1.807, 2.05) is 18.2 Å². The van der Waals surface area contributed by atoms with Gasteiger partial charge in [0.15, 0.2) is 0 Å². The largest absolute Gasteiger partial charge is 0.253 e. The quantitative estimate of drug-likeness (QED) is 0.823. The SMILES string of the molecule is C[C@H]1CCCCC1=NNc1nc(-c2ccccc2)cs1. The molecule has 104 valence electrons. The highest BCUT2D eigenvalue weighted by Crippen LogP contribution is 2.25. The van der Waals surface area contributed by atoms with Gasteiger partial charge in [0.05, 0.1) is 5.69 Å². The van der Waals surface area contributed by atoms with Gasteiger partial charge in [0.25, 0.3) is 0 Å². The molecule has 0 bridgehead atoms. The fourth-order valence-electron chi connectivity index (χ4n) is 2.52. The fraction of sp³-hybridized carbons (Fsp3) is 0.375. The molecule has 1 atom stereocenters. The lowest BCUT2D eigenvalue weighted by Crippen LogP contribution is -2.17. The van der Waals surface area contributed by atoms with Gasteiger partial charge in [-0.1, -0.05) is 43.7 Å². The second-order valence-electron chi connectivity index (χ2n) is 5.27. The van der Waals surface area contributed by atoms with Gasteiger partial charge >= 0.3 is 0 Å². The van der Waals surface area contributed by atoms with E-state index < -0.39 is 0 Å². The number of nitrogens with one attached hydrogen (secondary N) is 1. The molecule has 3 nitrogen and oxygen atoms in total. The monoisotopic (exact) mass is 285 g/mol. The minimum Gasteiger partial charge on any atom is -0.253 e. The van der Waals surface area contributed by atoms with Gasteiger partial charge in [-0.25, -0.2) is 4.98 Å². The van der Waals surface area contributed by atoms with Crippen molar-refractivity contribution in [2.75, 3.05) is 5.43 Å². The standard InChI is InChI=1S/C16H19N3S/c1-12-7-5-6-10-14(12)18-19-16-17-15(11-20-16)13-8-3-2-4-9-13/h2-4,8-9,11-12H,5-7,10H2,1H3,(H,17,19)/t12-/m0/s1. The van der Waals surface area contributed by atoms with Gasteiger partial charge in [-0.15, -0.1) is 11.3 Å². The van der Waals surface area contributed by atoms with Crippen LogP contribution in [0.3, 0.4) is 0 Å². The minimum atomic E-state index is 0.602. The van der Waals surface area contributed by atoms with Gasteiger partial charge < -0.3 is 0 Å². The number of thiazole rings is 1. The lowest BCUT2D eigenvalue weighted by atomic mass is 9.89. The first-order valence-corrected chi connectivity index (χ1v) is 8.04. The van der Waals surface area contributed by atoms with Crippen LogP contribution < -0.4 is 5.43 Å². The van der Waals surface area contributed by atoms with Crippen molar-refractivity contribution in [2.45, 2.75) is 32.6 Å². The molecule has 4 heteroatoms. The van der Waals surface area contributed by atoms with E-state index in [2.05, 4.69) is 39.9 Å². The van der Waals surface area contributed by atoms with Gasteiger partial charge in [-0.05, 0) is 25.2 Å². The Balaban J connectivity index is 1.70. The number of rotatable bonds is 3. The molecule has 1 N–H and O–H groups in total. The number of nitrogens with zero attached hydrogens (tertiary/aromatic N) is 2. The van der Waals surface area contributed by atoms with Crippen LogP contribution in [0.5, 0.6) is 0 Å². The molecule has 1 saturated carbocycles. The first kappa shape index (κ1) is 13.3. The van der Waals surface area contributed by atoms with E-state index in [1.165, 1.54) is 25.0 Å². The van der Waals surface area contributed by atoms with Crippen LogP contribution >= 0.6 is 11.3 Å². The number of hydrogen-bond donors (Lipinski definition) is 1. The van der Waals surface area contributed by atoms with Crippen molar-refractivity contribution in [3.8, 4) is 11.3 Å². The third-order valence-electron chi connectivity index (χ3n) is 3.76. The molecular weight excluding hydrogens is 266 g/mol. The van der Waals surface area contributed by atoms with Crippen LogP contribution in [0.15, 0.2) is 40.8 Å². The lowest BCUT2D eigenvalue weighted by molar-refractivity contribution is 0.558. The lowest BCUT2D eigenvalue weighted by Gasteiger charge is -2.19. The Morgan fingerprint density at radius 3 is 2.90 bits per heavy atom. The average Bonchev–Trinajstić information content (AvgIpc) is 2.96. The Morgan fingerprint density at radius 2 is 2.10 bits per heavy atom. The molecule has 0 spiro atoms. The van der Waals surface area contributed by atoms with Crippen LogP contribution in [0.2, 0.25) is 0 Å². The summed E-state index contributed by atoms with van der Waals surface area (Å²) < 4.78 is 0. The van der Waals surface area contributed by atoms with Crippen molar-refractivity contribution in [1.29, 1.82) is 0 Å². The summed E-state index contributed by atoms with van der Waals surface area (Å²) >= 11 is 1.60. The smallest absolute Gasteiger partial charge is 0.203 e. The summed E-state index contributed by atoms with van der Waals surface area (Å²) in [5, 5.41) is 7.50. The predicted molar refractivity (Wildman–Crippen MR) is 86.2 cm³/mol. The third kappa shape index (κ3) is 3.07. The summed E-state index contributed by atoms with van der Waals surface area (Å²) in [6.07, 6.45) is 4.96. The predicted octanol–water partition coefficient (Wildman–Crippen LogP) is 4.79. The molecule has 1 aromatic carbocycles. The van der Waals surface area contributed by atoms with E-state index in [9.17, 15) is 0 Å². The van der Waals surface area contributed by atoms with E-state index in [0.29, 0.717) is 5.92 Å². The molecule has 1 aromatic heterocycles.